The average Bonchev–Trinajstić information content (AvgIpc) is 2.64. The summed E-state index contributed by atoms with van der Waals surface area (Å²) in [4.78, 5) is 12.1. The van der Waals surface area contributed by atoms with Gasteiger partial charge in [-0.15, -0.1) is 0 Å². The molecule has 0 saturated heterocycles. The third kappa shape index (κ3) is 5.29. The van der Waals surface area contributed by atoms with E-state index in [1.54, 1.807) is 25.1 Å². The molecule has 1 aromatic carbocycles. The van der Waals surface area contributed by atoms with Gasteiger partial charge in [0.2, 0.25) is 0 Å². The zero-order valence-corrected chi connectivity index (χ0v) is 16.0. The fourth-order valence-corrected chi connectivity index (χ4v) is 3.80. The molecule has 1 fully saturated rings. The molecule has 0 bridgehead atoms. The number of hydrogen-bond acceptors (Lipinski definition) is 6. The summed E-state index contributed by atoms with van der Waals surface area (Å²) in [6, 6.07) is 5.25. The van der Waals surface area contributed by atoms with Crippen LogP contribution in [-0.2, 0) is 6.42 Å². The van der Waals surface area contributed by atoms with Crippen LogP contribution in [0.5, 0.6) is 5.75 Å². The van der Waals surface area contributed by atoms with Gasteiger partial charge >= 0.3 is 0 Å². The minimum absolute atomic E-state index is 0.213. The van der Waals surface area contributed by atoms with Gasteiger partial charge in [0.15, 0.2) is 0 Å². The van der Waals surface area contributed by atoms with Gasteiger partial charge in [0.05, 0.1) is 12.2 Å². The van der Waals surface area contributed by atoms with Crippen LogP contribution in [0.3, 0.4) is 0 Å². The van der Waals surface area contributed by atoms with Crippen LogP contribution in [0.15, 0.2) is 12.1 Å². The Kier molecular flexibility index (Phi) is 7.78. The van der Waals surface area contributed by atoms with E-state index >= 15 is 0 Å². The molecule has 1 saturated carbocycles. The minimum Gasteiger partial charge on any atom is -0.490 e. The van der Waals surface area contributed by atoms with Gasteiger partial charge < -0.3 is 20.1 Å². The number of ketones is 1. The van der Waals surface area contributed by atoms with Gasteiger partial charge in [-0.2, -0.15) is 5.26 Å². The average molecular weight is 375 g/mol. The SMILES string of the molecule is CCCCCc1cc(OC2CC(O)[C@H](O)C(CO)C2)cc(C)c1C(=O)C#N. The summed E-state index contributed by atoms with van der Waals surface area (Å²) >= 11 is 0. The lowest BCUT2D eigenvalue weighted by molar-refractivity contribution is -0.0891. The second-order valence-electron chi connectivity index (χ2n) is 7.38. The first kappa shape index (κ1) is 21.4. The van der Waals surface area contributed by atoms with Crippen molar-refractivity contribution < 1.29 is 24.9 Å². The Morgan fingerprint density at radius 2 is 2.04 bits per heavy atom. The maximum Gasteiger partial charge on any atom is 0.262 e. The van der Waals surface area contributed by atoms with Gasteiger partial charge in [0.1, 0.15) is 17.9 Å². The van der Waals surface area contributed by atoms with E-state index in [1.165, 1.54) is 0 Å². The first-order valence-electron chi connectivity index (χ1n) is 9.62. The lowest BCUT2D eigenvalue weighted by atomic mass is 9.83. The van der Waals surface area contributed by atoms with E-state index in [1.807, 2.05) is 0 Å². The Morgan fingerprint density at radius 1 is 1.30 bits per heavy atom. The summed E-state index contributed by atoms with van der Waals surface area (Å²) in [6.07, 6.45) is 2.21. The molecule has 148 valence electrons. The molecule has 0 aromatic heterocycles. The number of unbranched alkanes of at least 4 members (excludes halogenated alkanes) is 2. The quantitative estimate of drug-likeness (QED) is 0.365. The number of aliphatic hydroxyl groups excluding tert-OH is 3. The van der Waals surface area contributed by atoms with Crippen LogP contribution in [0.4, 0.5) is 0 Å². The molecule has 0 aliphatic heterocycles. The molecule has 27 heavy (non-hydrogen) atoms. The fraction of sp³-hybridized carbons (Fsp3) is 0.619. The summed E-state index contributed by atoms with van der Waals surface area (Å²) in [5.41, 5.74) is 1.95. The number of nitrogens with zero attached hydrogens (tertiary/aromatic N) is 1. The molecule has 0 spiro atoms. The topological polar surface area (TPSA) is 111 Å². The number of benzene rings is 1. The molecule has 1 aliphatic rings. The number of aryl methyl sites for hydroxylation is 2. The summed E-state index contributed by atoms with van der Waals surface area (Å²) < 4.78 is 6.03. The van der Waals surface area contributed by atoms with Crippen molar-refractivity contribution in [3.63, 3.8) is 0 Å². The highest BCUT2D eigenvalue weighted by Gasteiger charge is 2.36. The second-order valence-corrected chi connectivity index (χ2v) is 7.38. The second kappa shape index (κ2) is 9.84. The highest BCUT2D eigenvalue weighted by atomic mass is 16.5. The number of hydrogen-bond donors (Lipinski definition) is 3. The molecular formula is C21H29NO5. The summed E-state index contributed by atoms with van der Waals surface area (Å²) in [5, 5.41) is 38.4. The maximum atomic E-state index is 12.1. The van der Waals surface area contributed by atoms with E-state index in [-0.39, 0.29) is 19.1 Å². The van der Waals surface area contributed by atoms with Crippen LogP contribution in [-0.4, -0.2) is 46.0 Å². The van der Waals surface area contributed by atoms with Crippen molar-refractivity contribution in [1.29, 1.82) is 5.26 Å². The fourth-order valence-electron chi connectivity index (χ4n) is 3.80. The molecule has 0 amide bonds. The van der Waals surface area contributed by atoms with Crippen molar-refractivity contribution in [2.45, 2.75) is 70.7 Å². The highest BCUT2D eigenvalue weighted by molar-refractivity contribution is 6.09. The van der Waals surface area contributed by atoms with Crippen molar-refractivity contribution in [2.75, 3.05) is 6.61 Å². The maximum absolute atomic E-state index is 12.1. The molecule has 6 heteroatoms. The Labute approximate surface area is 160 Å². The van der Waals surface area contributed by atoms with Gasteiger partial charge in [-0.25, -0.2) is 0 Å². The lowest BCUT2D eigenvalue weighted by Crippen LogP contribution is -2.46. The number of carbonyl (C=O) groups is 1. The Hall–Kier alpha value is -1.94. The molecule has 0 radical (unpaired) electrons. The van der Waals surface area contributed by atoms with Crippen molar-refractivity contribution in [3.8, 4) is 11.8 Å². The zero-order valence-electron chi connectivity index (χ0n) is 16.0. The standard InChI is InChI=1S/C21H29NO5/c1-3-4-5-6-14-8-16(7-13(2)20(14)19(25)11-22)27-17-9-15(12-23)21(26)18(24)10-17/h7-8,15,17-18,21,23-24,26H,3-6,9-10,12H2,1-2H3/t15?,17?,18?,21-/m1/s1. The molecule has 1 aromatic rings. The highest BCUT2D eigenvalue weighted by Crippen LogP contribution is 2.31. The molecular weight excluding hydrogens is 346 g/mol. The van der Waals surface area contributed by atoms with Gasteiger partial charge in [0, 0.05) is 24.5 Å². The van der Waals surface area contributed by atoms with Gasteiger partial charge in [-0.3, -0.25) is 4.79 Å². The number of aliphatic hydroxyl groups is 3. The summed E-state index contributed by atoms with van der Waals surface area (Å²) in [7, 11) is 0. The van der Waals surface area contributed by atoms with E-state index in [2.05, 4.69) is 6.92 Å². The molecule has 4 atom stereocenters. The Morgan fingerprint density at radius 3 is 2.67 bits per heavy atom. The number of ether oxygens (including phenoxy) is 1. The largest absolute Gasteiger partial charge is 0.490 e. The van der Waals surface area contributed by atoms with Crippen molar-refractivity contribution >= 4 is 5.78 Å². The first-order chi connectivity index (χ1) is 12.9. The Bertz CT molecular complexity index is 697. The van der Waals surface area contributed by atoms with Crippen molar-refractivity contribution in [2.24, 2.45) is 5.92 Å². The van der Waals surface area contributed by atoms with Crippen LogP contribution in [0.2, 0.25) is 0 Å². The molecule has 3 unspecified atom stereocenters. The number of carbonyl (C=O) groups excluding carboxylic acids is 1. The van der Waals surface area contributed by atoms with Gasteiger partial charge in [-0.1, -0.05) is 19.8 Å². The van der Waals surface area contributed by atoms with Crippen molar-refractivity contribution in [3.05, 3.63) is 28.8 Å². The summed E-state index contributed by atoms with van der Waals surface area (Å²) in [5.74, 6) is -0.385. The third-order valence-electron chi connectivity index (χ3n) is 5.25. The van der Waals surface area contributed by atoms with E-state index < -0.39 is 23.9 Å². The van der Waals surface area contributed by atoms with Crippen LogP contribution >= 0.6 is 0 Å². The predicted octanol–water partition coefficient (Wildman–Crippen LogP) is 2.31. The first-order valence-corrected chi connectivity index (χ1v) is 9.62. The van der Waals surface area contributed by atoms with Crippen LogP contribution in [0.1, 0.15) is 60.5 Å². The number of Topliss-reactive ketones (excluding diaryl/α,β-unsaturated/α-hetero) is 1. The van der Waals surface area contributed by atoms with Crippen LogP contribution in [0, 0.1) is 24.2 Å². The van der Waals surface area contributed by atoms with Gasteiger partial charge in [-0.05, 0) is 49.4 Å². The minimum atomic E-state index is -0.947. The van der Waals surface area contributed by atoms with E-state index in [4.69, 9.17) is 10.00 Å². The molecule has 0 heterocycles. The lowest BCUT2D eigenvalue weighted by Gasteiger charge is -2.36. The molecule has 6 nitrogen and oxygen atoms in total. The van der Waals surface area contributed by atoms with Gasteiger partial charge in [0.25, 0.3) is 5.78 Å². The smallest absolute Gasteiger partial charge is 0.262 e. The summed E-state index contributed by atoms with van der Waals surface area (Å²) in [6.45, 7) is 3.68. The zero-order chi connectivity index (χ0) is 20.0. The predicted molar refractivity (Wildman–Crippen MR) is 101 cm³/mol. The van der Waals surface area contributed by atoms with Crippen molar-refractivity contribution in [1.82, 2.24) is 0 Å². The molecule has 1 aliphatic carbocycles. The number of rotatable bonds is 8. The van der Waals surface area contributed by atoms with E-state index in [0.717, 1.165) is 24.8 Å². The monoisotopic (exact) mass is 375 g/mol. The van der Waals surface area contributed by atoms with E-state index in [0.29, 0.717) is 29.7 Å². The normalized spacial score (nSPS) is 25.0. The molecule has 3 N–H and O–H groups in total. The van der Waals surface area contributed by atoms with Crippen LogP contribution < -0.4 is 4.74 Å². The van der Waals surface area contributed by atoms with E-state index in [9.17, 15) is 20.1 Å². The third-order valence-corrected chi connectivity index (χ3v) is 5.25. The molecule has 2 rings (SSSR count). The number of nitriles is 1. The van der Waals surface area contributed by atoms with Crippen LogP contribution in [0.25, 0.3) is 0 Å². The Balaban J connectivity index is 2.24.